The molecule has 0 aromatic carbocycles. The second-order valence-corrected chi connectivity index (χ2v) is 1.04. The van der Waals surface area contributed by atoms with Crippen LogP contribution in [0.4, 0.5) is 0 Å². The maximum atomic E-state index is 5.12. The van der Waals surface area contributed by atoms with Crippen LogP contribution in [0.25, 0.3) is 0 Å². The molecule has 0 aromatic rings. The zero-order valence-electron chi connectivity index (χ0n) is 4.35. The highest BCUT2D eigenvalue weighted by Crippen LogP contribution is 1.84. The van der Waals surface area contributed by atoms with Crippen molar-refractivity contribution >= 4 is 0 Å². The third kappa shape index (κ3) is 2.05. The molecular formula is C4H10N2O. The van der Waals surface area contributed by atoms with Gasteiger partial charge in [-0.2, -0.15) is 0 Å². The number of methoxy groups -OCH3 is 1. The molecule has 3 nitrogen and oxygen atoms in total. The van der Waals surface area contributed by atoms with Crippen LogP contribution in [0, 0.1) is 0 Å². The molecule has 0 rings (SSSR count). The van der Waals surface area contributed by atoms with Gasteiger partial charge in [0.15, 0.2) is 0 Å². The molecule has 0 saturated heterocycles. The van der Waals surface area contributed by atoms with Crippen LogP contribution in [-0.4, -0.2) is 13.7 Å². The average Bonchev–Trinajstić information content (AvgIpc) is 1.72. The van der Waals surface area contributed by atoms with Gasteiger partial charge in [0.05, 0.1) is 13.7 Å². The molecule has 7 heavy (non-hydrogen) atoms. The SMILES string of the molecule is COC(=CN)CN. The molecule has 0 spiro atoms. The first-order valence-electron chi connectivity index (χ1n) is 2.00. The molecule has 0 heterocycles. The van der Waals surface area contributed by atoms with E-state index in [4.69, 9.17) is 11.5 Å². The quantitative estimate of drug-likeness (QED) is 0.457. The van der Waals surface area contributed by atoms with Crippen molar-refractivity contribution in [2.45, 2.75) is 0 Å². The van der Waals surface area contributed by atoms with Crippen molar-refractivity contribution in [2.75, 3.05) is 13.7 Å². The van der Waals surface area contributed by atoms with Crippen LogP contribution in [0.2, 0.25) is 0 Å². The summed E-state index contributed by atoms with van der Waals surface area (Å²) in [5, 5.41) is 0. The van der Waals surface area contributed by atoms with Crippen molar-refractivity contribution in [2.24, 2.45) is 11.5 Å². The second kappa shape index (κ2) is 3.49. The normalized spacial score (nSPS) is 11.4. The standard InChI is InChI=1S/C4H10N2O/c1-7-4(2-5)3-6/h2H,3,5-6H2,1H3. The van der Waals surface area contributed by atoms with E-state index in [1.165, 1.54) is 13.3 Å². The summed E-state index contributed by atoms with van der Waals surface area (Å²) < 4.78 is 4.66. The van der Waals surface area contributed by atoms with Crippen molar-refractivity contribution < 1.29 is 4.74 Å². The monoisotopic (exact) mass is 102 g/mol. The first kappa shape index (κ1) is 6.30. The van der Waals surface area contributed by atoms with E-state index in [-0.39, 0.29) is 0 Å². The van der Waals surface area contributed by atoms with Crippen LogP contribution in [0.1, 0.15) is 0 Å². The van der Waals surface area contributed by atoms with Crippen molar-refractivity contribution in [1.82, 2.24) is 0 Å². The number of rotatable bonds is 2. The Morgan fingerprint density at radius 1 is 1.86 bits per heavy atom. The fraction of sp³-hybridized carbons (Fsp3) is 0.500. The highest BCUT2D eigenvalue weighted by Gasteiger charge is 1.83. The van der Waals surface area contributed by atoms with Crippen LogP contribution in [0.15, 0.2) is 12.0 Å². The summed E-state index contributed by atoms with van der Waals surface area (Å²) in [6, 6.07) is 0. The summed E-state index contributed by atoms with van der Waals surface area (Å²) in [4.78, 5) is 0. The third-order valence-electron chi connectivity index (χ3n) is 0.649. The zero-order valence-corrected chi connectivity index (χ0v) is 4.35. The first-order chi connectivity index (χ1) is 3.35. The summed E-state index contributed by atoms with van der Waals surface area (Å²) in [5.74, 6) is 0.611. The predicted molar refractivity (Wildman–Crippen MR) is 28.3 cm³/mol. The minimum atomic E-state index is 0.368. The van der Waals surface area contributed by atoms with E-state index in [0.717, 1.165) is 0 Å². The van der Waals surface area contributed by atoms with E-state index in [1.54, 1.807) is 0 Å². The van der Waals surface area contributed by atoms with Gasteiger partial charge < -0.3 is 16.2 Å². The van der Waals surface area contributed by atoms with Gasteiger partial charge in [-0.05, 0) is 0 Å². The van der Waals surface area contributed by atoms with Gasteiger partial charge in [0.25, 0.3) is 0 Å². The lowest BCUT2D eigenvalue weighted by Gasteiger charge is -1.97. The molecule has 0 unspecified atom stereocenters. The van der Waals surface area contributed by atoms with Crippen LogP contribution >= 0.6 is 0 Å². The smallest absolute Gasteiger partial charge is 0.124 e. The maximum Gasteiger partial charge on any atom is 0.124 e. The number of hydrogen-bond donors (Lipinski definition) is 2. The van der Waals surface area contributed by atoms with E-state index in [0.29, 0.717) is 12.3 Å². The largest absolute Gasteiger partial charge is 0.498 e. The molecule has 0 aliphatic carbocycles. The molecule has 0 amide bonds. The molecule has 0 aliphatic heterocycles. The molecule has 0 fully saturated rings. The Labute approximate surface area is 42.9 Å². The van der Waals surface area contributed by atoms with Crippen LogP contribution in [0.5, 0.6) is 0 Å². The fourth-order valence-corrected chi connectivity index (χ4v) is 0.219. The molecule has 0 bridgehead atoms. The molecular weight excluding hydrogens is 92.1 g/mol. The van der Waals surface area contributed by atoms with E-state index in [1.807, 2.05) is 0 Å². The van der Waals surface area contributed by atoms with Gasteiger partial charge in [0.2, 0.25) is 0 Å². The fourth-order valence-electron chi connectivity index (χ4n) is 0.219. The maximum absolute atomic E-state index is 5.12. The van der Waals surface area contributed by atoms with Gasteiger partial charge >= 0.3 is 0 Å². The molecule has 0 saturated carbocycles. The van der Waals surface area contributed by atoms with Gasteiger partial charge in [-0.3, -0.25) is 0 Å². The molecule has 0 aliphatic rings. The molecule has 4 N–H and O–H groups in total. The van der Waals surface area contributed by atoms with Gasteiger partial charge in [-0.1, -0.05) is 0 Å². The van der Waals surface area contributed by atoms with E-state index < -0.39 is 0 Å². The summed E-state index contributed by atoms with van der Waals surface area (Å²) in [5.41, 5.74) is 10.1. The third-order valence-corrected chi connectivity index (χ3v) is 0.649. The molecule has 0 aromatic heterocycles. The van der Waals surface area contributed by atoms with Gasteiger partial charge in [-0.15, -0.1) is 0 Å². The number of nitrogens with two attached hydrogens (primary N) is 2. The zero-order chi connectivity index (χ0) is 5.70. The van der Waals surface area contributed by atoms with E-state index in [9.17, 15) is 0 Å². The minimum absolute atomic E-state index is 0.368. The Morgan fingerprint density at radius 3 is 2.43 bits per heavy atom. The summed E-state index contributed by atoms with van der Waals surface area (Å²) in [6.07, 6.45) is 1.35. The van der Waals surface area contributed by atoms with Crippen LogP contribution in [-0.2, 0) is 4.74 Å². The van der Waals surface area contributed by atoms with Crippen LogP contribution in [0.3, 0.4) is 0 Å². The summed E-state index contributed by atoms with van der Waals surface area (Å²) in [7, 11) is 1.53. The topological polar surface area (TPSA) is 61.3 Å². The van der Waals surface area contributed by atoms with Gasteiger partial charge in [0.1, 0.15) is 5.76 Å². The Balaban J connectivity index is 3.38. The minimum Gasteiger partial charge on any atom is -0.498 e. The summed E-state index contributed by atoms with van der Waals surface area (Å²) in [6.45, 7) is 0.368. The van der Waals surface area contributed by atoms with Gasteiger partial charge in [-0.25, -0.2) is 0 Å². The van der Waals surface area contributed by atoms with Crippen molar-refractivity contribution in [1.29, 1.82) is 0 Å². The summed E-state index contributed by atoms with van der Waals surface area (Å²) >= 11 is 0. The lowest BCUT2D eigenvalue weighted by Crippen LogP contribution is -2.06. The lowest BCUT2D eigenvalue weighted by molar-refractivity contribution is 0.286. The molecule has 42 valence electrons. The highest BCUT2D eigenvalue weighted by atomic mass is 16.5. The van der Waals surface area contributed by atoms with Crippen molar-refractivity contribution in [3.8, 4) is 0 Å². The van der Waals surface area contributed by atoms with Crippen molar-refractivity contribution in [3.05, 3.63) is 12.0 Å². The lowest BCUT2D eigenvalue weighted by atomic mass is 10.5. The predicted octanol–water partition coefficient (Wildman–Crippen LogP) is -0.608. The number of hydrogen-bond acceptors (Lipinski definition) is 3. The Morgan fingerprint density at radius 2 is 2.43 bits per heavy atom. The Bertz CT molecular complexity index is 64.1. The van der Waals surface area contributed by atoms with Crippen molar-refractivity contribution in [3.63, 3.8) is 0 Å². The van der Waals surface area contributed by atoms with E-state index >= 15 is 0 Å². The highest BCUT2D eigenvalue weighted by molar-refractivity contribution is 4.89. The van der Waals surface area contributed by atoms with Gasteiger partial charge in [0, 0.05) is 6.20 Å². The first-order valence-corrected chi connectivity index (χ1v) is 2.00. The van der Waals surface area contributed by atoms with Crippen LogP contribution < -0.4 is 11.5 Å². The molecule has 3 heteroatoms. The second-order valence-electron chi connectivity index (χ2n) is 1.04. The van der Waals surface area contributed by atoms with E-state index in [2.05, 4.69) is 4.74 Å². The Kier molecular flexibility index (Phi) is 3.14. The molecule has 0 atom stereocenters. The number of ether oxygens (including phenoxy) is 1. The average molecular weight is 102 g/mol. The molecule has 0 radical (unpaired) electrons. The Hall–Kier alpha value is -0.700.